The summed E-state index contributed by atoms with van der Waals surface area (Å²) in [5, 5.41) is 5.06. The minimum absolute atomic E-state index is 0.736. The predicted molar refractivity (Wildman–Crippen MR) is 79.3 cm³/mol. The third kappa shape index (κ3) is 2.18. The standard InChI is InChI=1S/C17H22N2/c1-2-7-16(6-1)19-11-10-13-4-3-5-14(17(13)19)12-18-15-8-9-15/h3-5,10-11,15-16,18H,1-2,6-9,12H2. The molecule has 2 nitrogen and oxygen atoms in total. The van der Waals surface area contributed by atoms with Gasteiger partial charge in [0.1, 0.15) is 0 Å². The Labute approximate surface area is 114 Å². The fourth-order valence-electron chi connectivity index (χ4n) is 3.47. The number of fused-ring (bicyclic) bond motifs is 1. The van der Waals surface area contributed by atoms with E-state index >= 15 is 0 Å². The second kappa shape index (κ2) is 4.68. The van der Waals surface area contributed by atoms with E-state index in [1.165, 1.54) is 55.0 Å². The number of hydrogen-bond donors (Lipinski definition) is 1. The van der Waals surface area contributed by atoms with Gasteiger partial charge in [0.05, 0.1) is 5.52 Å². The lowest BCUT2D eigenvalue weighted by Gasteiger charge is -2.16. The van der Waals surface area contributed by atoms with Crippen LogP contribution in [0.5, 0.6) is 0 Å². The molecule has 19 heavy (non-hydrogen) atoms. The van der Waals surface area contributed by atoms with Crippen molar-refractivity contribution in [1.29, 1.82) is 0 Å². The molecule has 2 aliphatic rings. The van der Waals surface area contributed by atoms with Crippen LogP contribution in [0.1, 0.15) is 50.1 Å². The molecule has 0 aliphatic heterocycles. The Morgan fingerprint density at radius 1 is 1.05 bits per heavy atom. The lowest BCUT2D eigenvalue weighted by atomic mass is 10.1. The van der Waals surface area contributed by atoms with E-state index in [0.29, 0.717) is 0 Å². The highest BCUT2D eigenvalue weighted by Gasteiger charge is 2.22. The summed E-state index contributed by atoms with van der Waals surface area (Å²) in [6, 6.07) is 10.6. The van der Waals surface area contributed by atoms with Crippen molar-refractivity contribution in [2.24, 2.45) is 0 Å². The fourth-order valence-corrected chi connectivity index (χ4v) is 3.47. The zero-order chi connectivity index (χ0) is 12.7. The van der Waals surface area contributed by atoms with Gasteiger partial charge < -0.3 is 9.88 Å². The van der Waals surface area contributed by atoms with Gasteiger partial charge in [0.15, 0.2) is 0 Å². The number of benzene rings is 1. The molecule has 2 heteroatoms. The Balaban J connectivity index is 1.71. The number of nitrogens with one attached hydrogen (secondary N) is 1. The van der Waals surface area contributed by atoms with Crippen molar-refractivity contribution in [3.05, 3.63) is 36.0 Å². The van der Waals surface area contributed by atoms with E-state index in [-0.39, 0.29) is 0 Å². The minimum atomic E-state index is 0.736. The Morgan fingerprint density at radius 3 is 2.68 bits per heavy atom. The van der Waals surface area contributed by atoms with Gasteiger partial charge >= 0.3 is 0 Å². The van der Waals surface area contributed by atoms with E-state index in [9.17, 15) is 0 Å². The van der Waals surface area contributed by atoms with Crippen molar-refractivity contribution in [1.82, 2.24) is 9.88 Å². The van der Waals surface area contributed by atoms with Crippen LogP contribution in [0.3, 0.4) is 0 Å². The third-order valence-corrected chi connectivity index (χ3v) is 4.70. The van der Waals surface area contributed by atoms with E-state index in [1.54, 1.807) is 0 Å². The molecule has 0 saturated heterocycles. The lowest BCUT2D eigenvalue weighted by Crippen LogP contribution is -2.16. The molecule has 0 unspecified atom stereocenters. The quantitative estimate of drug-likeness (QED) is 0.872. The maximum atomic E-state index is 3.66. The van der Waals surface area contributed by atoms with Crippen LogP contribution in [0.2, 0.25) is 0 Å². The van der Waals surface area contributed by atoms with Gasteiger partial charge in [-0.25, -0.2) is 0 Å². The highest BCUT2D eigenvalue weighted by Crippen LogP contribution is 2.34. The van der Waals surface area contributed by atoms with Crippen molar-refractivity contribution >= 4 is 10.9 Å². The molecule has 1 heterocycles. The number of para-hydroxylation sites is 1. The fraction of sp³-hybridized carbons (Fsp3) is 0.529. The van der Waals surface area contributed by atoms with Crippen molar-refractivity contribution in [3.8, 4) is 0 Å². The van der Waals surface area contributed by atoms with Crippen molar-refractivity contribution < 1.29 is 0 Å². The largest absolute Gasteiger partial charge is 0.344 e. The molecule has 0 amide bonds. The Kier molecular flexibility index (Phi) is 2.84. The minimum Gasteiger partial charge on any atom is -0.344 e. The van der Waals surface area contributed by atoms with Crippen LogP contribution >= 0.6 is 0 Å². The van der Waals surface area contributed by atoms with Gasteiger partial charge in [0.2, 0.25) is 0 Å². The van der Waals surface area contributed by atoms with Crippen LogP contribution in [-0.2, 0) is 6.54 Å². The first-order valence-electron chi connectivity index (χ1n) is 7.73. The molecule has 0 bridgehead atoms. The molecule has 0 radical (unpaired) electrons. The third-order valence-electron chi connectivity index (χ3n) is 4.70. The van der Waals surface area contributed by atoms with E-state index in [0.717, 1.165) is 18.6 Å². The first-order valence-corrected chi connectivity index (χ1v) is 7.73. The van der Waals surface area contributed by atoms with Crippen molar-refractivity contribution in [2.45, 2.75) is 57.2 Å². The summed E-state index contributed by atoms with van der Waals surface area (Å²) in [4.78, 5) is 0. The summed E-state index contributed by atoms with van der Waals surface area (Å²) >= 11 is 0. The van der Waals surface area contributed by atoms with Crippen LogP contribution < -0.4 is 5.32 Å². The van der Waals surface area contributed by atoms with Gasteiger partial charge in [-0.1, -0.05) is 31.0 Å². The molecular weight excluding hydrogens is 232 g/mol. The Morgan fingerprint density at radius 2 is 1.89 bits per heavy atom. The average molecular weight is 254 g/mol. The van der Waals surface area contributed by atoms with Gasteiger partial charge in [0, 0.05) is 24.8 Å². The molecule has 0 atom stereocenters. The summed E-state index contributed by atoms with van der Waals surface area (Å²) in [5.74, 6) is 0. The average Bonchev–Trinajstić information content (AvgIpc) is 2.92. The normalized spacial score (nSPS) is 20.4. The molecule has 2 aliphatic carbocycles. The molecule has 1 N–H and O–H groups in total. The topological polar surface area (TPSA) is 17.0 Å². The zero-order valence-electron chi connectivity index (χ0n) is 11.4. The second-order valence-corrected chi connectivity index (χ2v) is 6.17. The number of rotatable bonds is 4. The molecule has 1 aromatic carbocycles. The van der Waals surface area contributed by atoms with E-state index in [2.05, 4.69) is 40.3 Å². The van der Waals surface area contributed by atoms with Crippen LogP contribution in [0.15, 0.2) is 30.5 Å². The van der Waals surface area contributed by atoms with Gasteiger partial charge in [-0.15, -0.1) is 0 Å². The summed E-state index contributed by atoms with van der Waals surface area (Å²) < 4.78 is 2.55. The lowest BCUT2D eigenvalue weighted by molar-refractivity contribution is 0.533. The summed E-state index contributed by atoms with van der Waals surface area (Å²) in [6.45, 7) is 1.03. The van der Waals surface area contributed by atoms with Gasteiger partial charge in [0.25, 0.3) is 0 Å². The maximum absolute atomic E-state index is 3.66. The maximum Gasteiger partial charge on any atom is 0.0528 e. The zero-order valence-corrected chi connectivity index (χ0v) is 11.4. The Bertz CT molecular complexity index is 574. The SMILES string of the molecule is c1cc(CNC2CC2)c2c(c1)ccn2C1CCCC1. The highest BCUT2D eigenvalue weighted by molar-refractivity contribution is 5.83. The van der Waals surface area contributed by atoms with Crippen LogP contribution in [0.4, 0.5) is 0 Å². The highest BCUT2D eigenvalue weighted by atomic mass is 15.0. The second-order valence-electron chi connectivity index (χ2n) is 6.17. The summed E-state index contributed by atoms with van der Waals surface area (Å²) in [7, 11) is 0. The molecule has 2 saturated carbocycles. The number of nitrogens with zero attached hydrogens (tertiary/aromatic N) is 1. The van der Waals surface area contributed by atoms with Gasteiger partial charge in [-0.05, 0) is 42.7 Å². The first-order chi connectivity index (χ1) is 9.42. The molecule has 2 aromatic rings. The molecular formula is C17H22N2. The molecule has 100 valence electrons. The summed E-state index contributed by atoms with van der Waals surface area (Å²) in [5.41, 5.74) is 2.95. The monoisotopic (exact) mass is 254 g/mol. The molecule has 1 aromatic heterocycles. The van der Waals surface area contributed by atoms with Crippen LogP contribution in [0, 0.1) is 0 Å². The smallest absolute Gasteiger partial charge is 0.0528 e. The number of aromatic nitrogens is 1. The van der Waals surface area contributed by atoms with Crippen LogP contribution in [-0.4, -0.2) is 10.6 Å². The van der Waals surface area contributed by atoms with E-state index < -0.39 is 0 Å². The molecule has 4 rings (SSSR count). The number of hydrogen-bond acceptors (Lipinski definition) is 1. The summed E-state index contributed by atoms with van der Waals surface area (Å²) in [6.07, 6.45) is 10.5. The van der Waals surface area contributed by atoms with Crippen molar-refractivity contribution in [3.63, 3.8) is 0 Å². The van der Waals surface area contributed by atoms with Crippen molar-refractivity contribution in [2.75, 3.05) is 0 Å². The Hall–Kier alpha value is -1.28. The van der Waals surface area contributed by atoms with E-state index in [4.69, 9.17) is 0 Å². The molecule has 2 fully saturated rings. The van der Waals surface area contributed by atoms with Gasteiger partial charge in [-0.2, -0.15) is 0 Å². The van der Waals surface area contributed by atoms with E-state index in [1.807, 2.05) is 0 Å². The first kappa shape index (κ1) is 11.5. The predicted octanol–water partition coefficient (Wildman–Crippen LogP) is 4.01. The van der Waals surface area contributed by atoms with Crippen LogP contribution in [0.25, 0.3) is 10.9 Å². The van der Waals surface area contributed by atoms with Gasteiger partial charge in [-0.3, -0.25) is 0 Å². The molecule has 0 spiro atoms.